The molecular formula is C17H29N3. The summed E-state index contributed by atoms with van der Waals surface area (Å²) in [6, 6.07) is 9.86. The first kappa shape index (κ1) is 15.5. The summed E-state index contributed by atoms with van der Waals surface area (Å²) in [6.07, 6.45) is 1.19. The summed E-state index contributed by atoms with van der Waals surface area (Å²) >= 11 is 0. The highest BCUT2D eigenvalue weighted by atomic mass is 15.3. The summed E-state index contributed by atoms with van der Waals surface area (Å²) in [5, 5.41) is 0. The van der Waals surface area contributed by atoms with Crippen LogP contribution < -0.4 is 5.73 Å². The third-order valence-electron chi connectivity index (χ3n) is 4.62. The Balaban J connectivity index is 2.15. The van der Waals surface area contributed by atoms with Gasteiger partial charge in [0.2, 0.25) is 0 Å². The van der Waals surface area contributed by atoms with Gasteiger partial charge in [0, 0.05) is 38.3 Å². The van der Waals surface area contributed by atoms with Crippen LogP contribution in [0.1, 0.15) is 37.4 Å². The van der Waals surface area contributed by atoms with Crippen molar-refractivity contribution in [2.24, 2.45) is 5.73 Å². The number of hydrogen-bond acceptors (Lipinski definition) is 3. The molecule has 3 heteroatoms. The summed E-state index contributed by atoms with van der Waals surface area (Å²) in [5.74, 6) is 0. The number of likely N-dealkylation sites (N-methyl/N-ethyl adjacent to an activating group) is 1. The van der Waals surface area contributed by atoms with Crippen LogP contribution >= 0.6 is 0 Å². The summed E-state index contributed by atoms with van der Waals surface area (Å²) in [6.45, 7) is 12.0. The molecule has 0 aliphatic carbocycles. The van der Waals surface area contributed by atoms with Crippen LogP contribution in [0.5, 0.6) is 0 Å². The van der Waals surface area contributed by atoms with Gasteiger partial charge in [-0.3, -0.25) is 4.90 Å². The van der Waals surface area contributed by atoms with Crippen LogP contribution in [0.2, 0.25) is 0 Å². The molecule has 0 amide bonds. The van der Waals surface area contributed by atoms with Gasteiger partial charge in [0.1, 0.15) is 0 Å². The third kappa shape index (κ3) is 3.40. The van der Waals surface area contributed by atoms with Gasteiger partial charge in [-0.05, 0) is 25.5 Å². The molecular weight excluding hydrogens is 246 g/mol. The molecule has 2 unspecified atom stereocenters. The van der Waals surface area contributed by atoms with Gasteiger partial charge in [-0.25, -0.2) is 0 Å². The van der Waals surface area contributed by atoms with Crippen LogP contribution in [0.4, 0.5) is 0 Å². The third-order valence-corrected chi connectivity index (χ3v) is 4.62. The summed E-state index contributed by atoms with van der Waals surface area (Å²) in [7, 11) is 0. The zero-order valence-electron chi connectivity index (χ0n) is 13.2. The van der Waals surface area contributed by atoms with Gasteiger partial charge in [-0.2, -0.15) is 0 Å². The average molecular weight is 275 g/mol. The number of benzene rings is 1. The minimum absolute atomic E-state index is 0.361. The maximum absolute atomic E-state index is 6.10. The van der Waals surface area contributed by atoms with Gasteiger partial charge >= 0.3 is 0 Å². The van der Waals surface area contributed by atoms with Crippen LogP contribution in [0.3, 0.4) is 0 Å². The van der Waals surface area contributed by atoms with E-state index < -0.39 is 0 Å². The Hall–Kier alpha value is -0.900. The van der Waals surface area contributed by atoms with Crippen molar-refractivity contribution < 1.29 is 0 Å². The number of rotatable bonds is 5. The number of hydrogen-bond donors (Lipinski definition) is 1. The van der Waals surface area contributed by atoms with Crippen molar-refractivity contribution in [3.63, 3.8) is 0 Å². The second-order valence-corrected chi connectivity index (χ2v) is 5.86. The van der Waals surface area contributed by atoms with Crippen LogP contribution in [0, 0.1) is 6.92 Å². The van der Waals surface area contributed by atoms with E-state index >= 15 is 0 Å². The average Bonchev–Trinajstić information content (AvgIpc) is 2.50. The second kappa shape index (κ2) is 7.21. The fraction of sp³-hybridized carbons (Fsp3) is 0.647. The fourth-order valence-electron chi connectivity index (χ4n) is 3.25. The van der Waals surface area contributed by atoms with E-state index in [9.17, 15) is 0 Å². The largest absolute Gasteiger partial charge is 0.329 e. The van der Waals surface area contributed by atoms with Gasteiger partial charge in [-0.15, -0.1) is 0 Å². The van der Waals surface area contributed by atoms with E-state index in [4.69, 9.17) is 5.73 Å². The molecule has 0 radical (unpaired) electrons. The molecule has 1 aromatic carbocycles. The first-order valence-electron chi connectivity index (χ1n) is 7.94. The molecule has 1 fully saturated rings. The van der Waals surface area contributed by atoms with Crippen molar-refractivity contribution in [2.75, 3.05) is 32.7 Å². The number of nitrogens with zero attached hydrogens (tertiary/aromatic N) is 2. The lowest BCUT2D eigenvalue weighted by molar-refractivity contribution is 0.0427. The molecule has 0 spiro atoms. The standard InChI is InChI=1S/C17H29N3/c1-4-16-13-19(5-2)10-11-20(16)17(12-18)15-8-6-14(3)7-9-15/h6-9,16-17H,4-5,10-13,18H2,1-3H3. The molecule has 1 saturated heterocycles. The van der Waals surface area contributed by atoms with Crippen LogP contribution in [0.15, 0.2) is 24.3 Å². The zero-order chi connectivity index (χ0) is 14.5. The monoisotopic (exact) mass is 275 g/mol. The molecule has 2 N–H and O–H groups in total. The minimum Gasteiger partial charge on any atom is -0.329 e. The van der Waals surface area contributed by atoms with Crippen LogP contribution in [0.25, 0.3) is 0 Å². The Kier molecular flexibility index (Phi) is 5.58. The molecule has 3 nitrogen and oxygen atoms in total. The van der Waals surface area contributed by atoms with Crippen molar-refractivity contribution in [1.82, 2.24) is 9.80 Å². The first-order valence-corrected chi connectivity index (χ1v) is 7.94. The maximum atomic E-state index is 6.10. The molecule has 1 aliphatic heterocycles. The Bertz CT molecular complexity index is 401. The highest BCUT2D eigenvalue weighted by Gasteiger charge is 2.30. The Morgan fingerprint density at radius 2 is 1.90 bits per heavy atom. The topological polar surface area (TPSA) is 32.5 Å². The number of piperazine rings is 1. The minimum atomic E-state index is 0.361. The highest BCUT2D eigenvalue weighted by molar-refractivity contribution is 5.24. The van der Waals surface area contributed by atoms with Gasteiger partial charge in [0.25, 0.3) is 0 Å². The van der Waals surface area contributed by atoms with E-state index in [0.717, 1.165) is 19.6 Å². The molecule has 112 valence electrons. The van der Waals surface area contributed by atoms with Gasteiger partial charge in [0.05, 0.1) is 0 Å². The van der Waals surface area contributed by atoms with Gasteiger partial charge < -0.3 is 10.6 Å². The van der Waals surface area contributed by atoms with Crippen molar-refractivity contribution in [3.05, 3.63) is 35.4 Å². The van der Waals surface area contributed by atoms with E-state index in [2.05, 4.69) is 54.8 Å². The van der Waals surface area contributed by atoms with Crippen molar-refractivity contribution in [2.45, 2.75) is 39.3 Å². The van der Waals surface area contributed by atoms with E-state index in [1.807, 2.05) is 0 Å². The number of aryl methyl sites for hydroxylation is 1. The lowest BCUT2D eigenvalue weighted by atomic mass is 9.99. The summed E-state index contributed by atoms with van der Waals surface area (Å²) in [4.78, 5) is 5.17. The van der Waals surface area contributed by atoms with Gasteiger partial charge in [0.15, 0.2) is 0 Å². The van der Waals surface area contributed by atoms with Crippen LogP contribution in [-0.2, 0) is 0 Å². The molecule has 2 rings (SSSR count). The van der Waals surface area contributed by atoms with E-state index in [-0.39, 0.29) is 0 Å². The molecule has 1 aliphatic rings. The lowest BCUT2D eigenvalue weighted by Crippen LogP contribution is -2.54. The summed E-state index contributed by atoms with van der Waals surface area (Å²) in [5.41, 5.74) is 8.78. The molecule has 1 heterocycles. The molecule has 0 bridgehead atoms. The molecule has 0 saturated carbocycles. The molecule has 0 aromatic heterocycles. The fourth-order valence-corrected chi connectivity index (χ4v) is 3.25. The SMILES string of the molecule is CCC1CN(CC)CCN1C(CN)c1ccc(C)cc1. The van der Waals surface area contributed by atoms with Crippen molar-refractivity contribution in [3.8, 4) is 0 Å². The molecule has 2 atom stereocenters. The van der Waals surface area contributed by atoms with Crippen molar-refractivity contribution in [1.29, 1.82) is 0 Å². The van der Waals surface area contributed by atoms with Crippen molar-refractivity contribution >= 4 is 0 Å². The first-order chi connectivity index (χ1) is 9.69. The second-order valence-electron chi connectivity index (χ2n) is 5.86. The van der Waals surface area contributed by atoms with E-state index in [1.54, 1.807) is 0 Å². The van der Waals surface area contributed by atoms with E-state index in [0.29, 0.717) is 18.6 Å². The Labute approximate surface area is 123 Å². The zero-order valence-corrected chi connectivity index (χ0v) is 13.2. The summed E-state index contributed by atoms with van der Waals surface area (Å²) < 4.78 is 0. The van der Waals surface area contributed by atoms with Crippen LogP contribution in [-0.4, -0.2) is 48.6 Å². The number of nitrogens with two attached hydrogens (primary N) is 1. The normalized spacial score (nSPS) is 22.9. The lowest BCUT2D eigenvalue weighted by Gasteiger charge is -2.45. The Morgan fingerprint density at radius 3 is 2.45 bits per heavy atom. The quantitative estimate of drug-likeness (QED) is 0.895. The van der Waals surface area contributed by atoms with E-state index in [1.165, 1.54) is 24.1 Å². The molecule has 1 aromatic rings. The predicted molar refractivity (Wildman–Crippen MR) is 85.9 cm³/mol. The molecule has 20 heavy (non-hydrogen) atoms. The predicted octanol–water partition coefficient (Wildman–Crippen LogP) is 2.41. The smallest absolute Gasteiger partial charge is 0.0474 e. The maximum Gasteiger partial charge on any atom is 0.0474 e. The van der Waals surface area contributed by atoms with Gasteiger partial charge in [-0.1, -0.05) is 43.7 Å². The highest BCUT2D eigenvalue weighted by Crippen LogP contribution is 2.26. The Morgan fingerprint density at radius 1 is 1.20 bits per heavy atom.